The molecule has 0 bridgehead atoms. The van der Waals surface area contributed by atoms with Gasteiger partial charge in [-0.05, 0) is 54.1 Å². The molecule has 0 unspecified atom stereocenters. The molecule has 0 aliphatic carbocycles. The van der Waals surface area contributed by atoms with E-state index >= 15 is 0 Å². The van der Waals surface area contributed by atoms with Crippen molar-refractivity contribution in [2.75, 3.05) is 43.4 Å². The minimum Gasteiger partial charge on any atom is -0.368 e. The molecule has 6 rings (SSSR count). The molecule has 1 amide bonds. The number of anilines is 3. The SMILES string of the molecule is CN1CCN(c2ccc(Nc3ccc(-c4ccnc5c4ccn5C)c4c3C(=O)NC4)nc2)CC1.Cl. The minimum absolute atomic E-state index is 0. The Hall–Kier alpha value is -3.62. The molecule has 5 heterocycles. The highest BCUT2D eigenvalue weighted by Crippen LogP contribution is 2.37. The van der Waals surface area contributed by atoms with Crippen LogP contribution in [0.25, 0.3) is 22.2 Å². The van der Waals surface area contributed by atoms with Crippen molar-refractivity contribution in [1.82, 2.24) is 24.8 Å². The van der Waals surface area contributed by atoms with Gasteiger partial charge in [0.15, 0.2) is 0 Å². The molecule has 0 saturated carbocycles. The summed E-state index contributed by atoms with van der Waals surface area (Å²) in [6.07, 6.45) is 5.75. The van der Waals surface area contributed by atoms with E-state index in [0.29, 0.717) is 12.1 Å². The van der Waals surface area contributed by atoms with Crippen molar-refractivity contribution in [2.45, 2.75) is 6.54 Å². The summed E-state index contributed by atoms with van der Waals surface area (Å²) in [4.78, 5) is 26.7. The number of nitrogens with one attached hydrogen (secondary N) is 2. The Morgan fingerprint density at radius 3 is 2.54 bits per heavy atom. The number of halogens is 1. The molecule has 8 nitrogen and oxygen atoms in total. The van der Waals surface area contributed by atoms with E-state index in [1.165, 1.54) is 0 Å². The van der Waals surface area contributed by atoms with Gasteiger partial charge in [0.1, 0.15) is 11.5 Å². The predicted molar refractivity (Wildman–Crippen MR) is 142 cm³/mol. The lowest BCUT2D eigenvalue weighted by Gasteiger charge is -2.33. The van der Waals surface area contributed by atoms with Crippen molar-refractivity contribution < 1.29 is 4.79 Å². The maximum Gasteiger partial charge on any atom is 0.254 e. The molecule has 9 heteroatoms. The van der Waals surface area contributed by atoms with Crippen LogP contribution in [-0.4, -0.2) is 58.6 Å². The predicted octanol–water partition coefficient (Wildman–Crippen LogP) is 3.80. The molecule has 35 heavy (non-hydrogen) atoms. The molecular weight excluding hydrogens is 462 g/mol. The van der Waals surface area contributed by atoms with Gasteiger partial charge in [-0.3, -0.25) is 4.79 Å². The van der Waals surface area contributed by atoms with Crippen LogP contribution in [0.2, 0.25) is 0 Å². The molecule has 1 aromatic carbocycles. The standard InChI is InChI=1S/C26H27N7O.ClH/c1-31-11-13-33(14-12-31)17-3-6-23(28-15-17)30-22-5-4-18(21-16-29-26(34)24(21)22)19-7-9-27-25-20(19)8-10-32(25)2;/h3-10,15H,11-14,16H2,1-2H3,(H,28,30)(H,29,34);1H. The molecule has 1 saturated heterocycles. The van der Waals surface area contributed by atoms with Gasteiger partial charge in [0.2, 0.25) is 0 Å². The van der Waals surface area contributed by atoms with Gasteiger partial charge in [0, 0.05) is 57.6 Å². The molecular formula is C26H28ClN7O. The van der Waals surface area contributed by atoms with E-state index in [1.807, 2.05) is 48.4 Å². The van der Waals surface area contributed by atoms with Crippen molar-refractivity contribution >= 4 is 46.5 Å². The number of nitrogens with zero attached hydrogens (tertiary/aromatic N) is 5. The number of piperazine rings is 1. The number of pyridine rings is 2. The first kappa shape index (κ1) is 23.1. The maximum absolute atomic E-state index is 12.8. The van der Waals surface area contributed by atoms with Gasteiger partial charge >= 0.3 is 0 Å². The number of rotatable bonds is 4. The van der Waals surface area contributed by atoms with Crippen LogP contribution in [0.3, 0.4) is 0 Å². The molecule has 3 aromatic heterocycles. The van der Waals surface area contributed by atoms with E-state index in [0.717, 1.165) is 71.1 Å². The van der Waals surface area contributed by atoms with E-state index in [9.17, 15) is 4.79 Å². The number of benzene rings is 1. The van der Waals surface area contributed by atoms with Gasteiger partial charge in [-0.1, -0.05) is 6.07 Å². The van der Waals surface area contributed by atoms with Crippen LogP contribution in [0.1, 0.15) is 15.9 Å². The number of aromatic nitrogens is 3. The Labute approximate surface area is 210 Å². The fourth-order valence-corrected chi connectivity index (χ4v) is 4.95. The number of hydrogen-bond acceptors (Lipinski definition) is 6. The molecule has 180 valence electrons. The Morgan fingerprint density at radius 1 is 0.943 bits per heavy atom. The fourth-order valence-electron chi connectivity index (χ4n) is 4.95. The largest absolute Gasteiger partial charge is 0.368 e. The first-order chi connectivity index (χ1) is 16.6. The zero-order chi connectivity index (χ0) is 23.2. The maximum atomic E-state index is 12.8. The van der Waals surface area contributed by atoms with Crippen LogP contribution in [-0.2, 0) is 13.6 Å². The molecule has 0 radical (unpaired) electrons. The smallest absolute Gasteiger partial charge is 0.254 e. The number of aryl methyl sites for hydroxylation is 1. The summed E-state index contributed by atoms with van der Waals surface area (Å²) in [7, 11) is 4.14. The van der Waals surface area contributed by atoms with Crippen LogP contribution in [0.5, 0.6) is 0 Å². The highest BCUT2D eigenvalue weighted by atomic mass is 35.5. The first-order valence-corrected chi connectivity index (χ1v) is 11.6. The zero-order valence-electron chi connectivity index (χ0n) is 19.8. The van der Waals surface area contributed by atoms with E-state index in [1.54, 1.807) is 0 Å². The lowest BCUT2D eigenvalue weighted by molar-refractivity contribution is 0.0966. The Morgan fingerprint density at radius 2 is 1.77 bits per heavy atom. The molecule has 1 fully saturated rings. The van der Waals surface area contributed by atoms with E-state index in [-0.39, 0.29) is 18.3 Å². The van der Waals surface area contributed by atoms with Crippen molar-refractivity contribution in [2.24, 2.45) is 7.05 Å². The molecule has 2 N–H and O–H groups in total. The van der Waals surface area contributed by atoms with Gasteiger partial charge in [-0.15, -0.1) is 12.4 Å². The summed E-state index contributed by atoms with van der Waals surface area (Å²) in [5.74, 6) is 0.661. The topological polar surface area (TPSA) is 78.3 Å². The lowest BCUT2D eigenvalue weighted by atomic mass is 9.94. The van der Waals surface area contributed by atoms with Crippen molar-refractivity contribution in [1.29, 1.82) is 0 Å². The van der Waals surface area contributed by atoms with Crippen molar-refractivity contribution in [3.63, 3.8) is 0 Å². The normalized spacial score (nSPS) is 15.6. The number of carbonyl (C=O) groups excluding carboxylic acids is 1. The summed E-state index contributed by atoms with van der Waals surface area (Å²) >= 11 is 0. The van der Waals surface area contributed by atoms with Gasteiger partial charge in [0.05, 0.1) is 23.1 Å². The van der Waals surface area contributed by atoms with Crippen LogP contribution < -0.4 is 15.5 Å². The highest BCUT2D eigenvalue weighted by Gasteiger charge is 2.27. The van der Waals surface area contributed by atoms with Crippen LogP contribution in [0.15, 0.2) is 55.0 Å². The second kappa shape index (κ2) is 9.20. The third-order valence-corrected chi connectivity index (χ3v) is 6.90. The highest BCUT2D eigenvalue weighted by molar-refractivity contribution is 6.07. The summed E-state index contributed by atoms with van der Waals surface area (Å²) in [5.41, 5.74) is 6.64. The first-order valence-electron chi connectivity index (χ1n) is 11.6. The summed E-state index contributed by atoms with van der Waals surface area (Å²) < 4.78 is 2.01. The second-order valence-electron chi connectivity index (χ2n) is 9.04. The van der Waals surface area contributed by atoms with Gasteiger partial charge in [0.25, 0.3) is 5.91 Å². The quantitative estimate of drug-likeness (QED) is 0.454. The monoisotopic (exact) mass is 489 g/mol. The van der Waals surface area contributed by atoms with Crippen molar-refractivity contribution in [3.8, 4) is 11.1 Å². The summed E-state index contributed by atoms with van der Waals surface area (Å²) in [6.45, 7) is 4.62. The second-order valence-corrected chi connectivity index (χ2v) is 9.04. The Balaban J connectivity index is 0.00000253. The van der Waals surface area contributed by atoms with Gasteiger partial charge < -0.3 is 25.0 Å². The van der Waals surface area contributed by atoms with Crippen molar-refractivity contribution in [3.05, 3.63) is 66.1 Å². The number of carbonyl (C=O) groups is 1. The van der Waals surface area contributed by atoms with E-state index in [4.69, 9.17) is 0 Å². The van der Waals surface area contributed by atoms with Crippen LogP contribution >= 0.6 is 12.4 Å². The van der Waals surface area contributed by atoms with Crippen LogP contribution in [0.4, 0.5) is 17.2 Å². The number of hydrogen-bond donors (Lipinski definition) is 2. The Bertz CT molecular complexity index is 1390. The fraction of sp³-hybridized carbons (Fsp3) is 0.269. The minimum atomic E-state index is -0.0632. The van der Waals surface area contributed by atoms with Gasteiger partial charge in [-0.25, -0.2) is 9.97 Å². The third kappa shape index (κ3) is 4.09. The number of amides is 1. The zero-order valence-corrected chi connectivity index (χ0v) is 20.6. The molecule has 0 atom stereocenters. The average molecular weight is 490 g/mol. The Kier molecular flexibility index (Phi) is 6.08. The summed E-state index contributed by atoms with van der Waals surface area (Å²) in [5, 5.41) is 7.45. The molecule has 2 aliphatic heterocycles. The summed E-state index contributed by atoms with van der Waals surface area (Å²) in [6, 6.07) is 12.2. The molecule has 2 aliphatic rings. The average Bonchev–Trinajstić information content (AvgIpc) is 3.44. The van der Waals surface area contributed by atoms with Crippen LogP contribution in [0, 0.1) is 0 Å². The van der Waals surface area contributed by atoms with E-state index in [2.05, 4.69) is 55.6 Å². The molecule has 0 spiro atoms. The van der Waals surface area contributed by atoms with Gasteiger partial charge in [-0.2, -0.15) is 0 Å². The molecule has 4 aromatic rings. The number of fused-ring (bicyclic) bond motifs is 2. The lowest BCUT2D eigenvalue weighted by Crippen LogP contribution is -2.44. The van der Waals surface area contributed by atoms with E-state index < -0.39 is 0 Å². The number of likely N-dealkylation sites (N-methyl/N-ethyl adjacent to an activating group) is 1. The third-order valence-electron chi connectivity index (χ3n) is 6.90.